The highest BCUT2D eigenvalue weighted by Gasteiger charge is 2.14. The minimum atomic E-state index is 0.123. The quantitative estimate of drug-likeness (QED) is 0.863. The molecule has 0 bridgehead atoms. The van der Waals surface area contributed by atoms with Crippen molar-refractivity contribution in [1.29, 1.82) is 0 Å². The average Bonchev–Trinajstić information content (AvgIpc) is 2.47. The van der Waals surface area contributed by atoms with Gasteiger partial charge in [-0.1, -0.05) is 0 Å². The number of methoxy groups -OCH3 is 1. The molecule has 1 aliphatic rings. The van der Waals surface area contributed by atoms with E-state index in [4.69, 9.17) is 4.74 Å². The molecule has 0 amide bonds. The van der Waals surface area contributed by atoms with Crippen LogP contribution in [0.4, 0.5) is 5.69 Å². The number of nitrogens with one attached hydrogen (secondary N) is 1. The summed E-state index contributed by atoms with van der Waals surface area (Å²) < 4.78 is 5.24. The molecule has 0 atom stereocenters. The minimum absolute atomic E-state index is 0.123. The van der Waals surface area contributed by atoms with E-state index in [0.29, 0.717) is 0 Å². The summed E-state index contributed by atoms with van der Waals surface area (Å²) >= 11 is 0. The van der Waals surface area contributed by atoms with Crippen molar-refractivity contribution in [3.63, 3.8) is 0 Å². The number of hydrogen-bond donors (Lipinski definition) is 2. The summed E-state index contributed by atoms with van der Waals surface area (Å²) in [6, 6.07) is 7.51. The molecule has 5 heteroatoms. The predicted octanol–water partition coefficient (Wildman–Crippen LogP) is 2.48. The molecule has 1 aromatic carbocycles. The zero-order valence-electron chi connectivity index (χ0n) is 10.4. The van der Waals surface area contributed by atoms with Crippen molar-refractivity contribution in [3.8, 4) is 5.75 Å². The van der Waals surface area contributed by atoms with Crippen LogP contribution in [0.3, 0.4) is 0 Å². The van der Waals surface area contributed by atoms with Crippen LogP contribution in [-0.2, 0) is 0 Å². The third kappa shape index (κ3) is 1.95. The summed E-state index contributed by atoms with van der Waals surface area (Å²) in [5.74, 6) is 0.877. The molecule has 1 aromatic heterocycles. The highest BCUT2D eigenvalue weighted by atomic mass is 16.5. The first-order chi connectivity index (χ1) is 9.29. The lowest BCUT2D eigenvalue weighted by Gasteiger charge is -2.23. The van der Waals surface area contributed by atoms with Crippen LogP contribution in [0.25, 0.3) is 10.9 Å². The van der Waals surface area contributed by atoms with E-state index in [-0.39, 0.29) is 5.88 Å². The lowest BCUT2D eigenvalue weighted by atomic mass is 10.1. The van der Waals surface area contributed by atoms with Crippen LogP contribution in [-0.4, -0.2) is 17.2 Å². The van der Waals surface area contributed by atoms with Crippen molar-refractivity contribution in [2.24, 2.45) is 0 Å². The van der Waals surface area contributed by atoms with Crippen molar-refractivity contribution in [3.05, 3.63) is 54.9 Å². The molecule has 0 radical (unpaired) electrons. The second-order valence-corrected chi connectivity index (χ2v) is 4.07. The van der Waals surface area contributed by atoms with Crippen LogP contribution in [0.1, 0.15) is 0 Å². The maximum absolute atomic E-state index is 9.93. The fourth-order valence-electron chi connectivity index (χ4n) is 2.04. The van der Waals surface area contributed by atoms with Gasteiger partial charge in [-0.15, -0.1) is 0 Å². The predicted molar refractivity (Wildman–Crippen MR) is 73.8 cm³/mol. The summed E-state index contributed by atoms with van der Waals surface area (Å²) in [6.45, 7) is 0. The number of aliphatic hydroxyl groups excluding tert-OH is 1. The Labute approximate surface area is 110 Å². The Bertz CT molecular complexity index is 679. The van der Waals surface area contributed by atoms with Crippen LogP contribution >= 0.6 is 0 Å². The monoisotopic (exact) mass is 255 g/mol. The average molecular weight is 255 g/mol. The van der Waals surface area contributed by atoms with Crippen molar-refractivity contribution in [1.82, 2.24) is 10.3 Å². The number of nitrogens with zero attached hydrogens (tertiary/aromatic N) is 2. The van der Waals surface area contributed by atoms with Gasteiger partial charge in [-0.05, 0) is 24.3 Å². The van der Waals surface area contributed by atoms with E-state index >= 15 is 0 Å². The Morgan fingerprint density at radius 1 is 1.32 bits per heavy atom. The van der Waals surface area contributed by atoms with Crippen molar-refractivity contribution in [2.45, 2.75) is 0 Å². The lowest BCUT2D eigenvalue weighted by Crippen LogP contribution is -2.21. The van der Waals surface area contributed by atoms with Crippen LogP contribution in [0.5, 0.6) is 5.75 Å². The van der Waals surface area contributed by atoms with Gasteiger partial charge in [-0.25, -0.2) is 0 Å². The van der Waals surface area contributed by atoms with Gasteiger partial charge >= 0.3 is 0 Å². The van der Waals surface area contributed by atoms with Crippen LogP contribution in [0.15, 0.2) is 54.9 Å². The molecule has 0 unspecified atom stereocenters. The summed E-state index contributed by atoms with van der Waals surface area (Å²) in [4.78, 5) is 5.99. The van der Waals surface area contributed by atoms with E-state index in [1.165, 1.54) is 6.20 Å². The number of rotatable bonds is 2. The Morgan fingerprint density at radius 2 is 2.21 bits per heavy atom. The largest absolute Gasteiger partial charge is 0.497 e. The molecule has 2 heterocycles. The summed E-state index contributed by atoms with van der Waals surface area (Å²) in [5, 5.41) is 13.7. The van der Waals surface area contributed by atoms with Gasteiger partial charge < -0.3 is 15.2 Å². The van der Waals surface area contributed by atoms with Gasteiger partial charge in [0.2, 0.25) is 5.88 Å². The van der Waals surface area contributed by atoms with Crippen molar-refractivity contribution >= 4 is 16.6 Å². The van der Waals surface area contributed by atoms with Gasteiger partial charge in [0, 0.05) is 24.0 Å². The number of aromatic nitrogens is 1. The third-order valence-corrected chi connectivity index (χ3v) is 2.96. The Kier molecular flexibility index (Phi) is 2.72. The number of hydrogen-bond acceptors (Lipinski definition) is 5. The third-order valence-electron chi connectivity index (χ3n) is 2.96. The van der Waals surface area contributed by atoms with E-state index in [2.05, 4.69) is 10.3 Å². The summed E-state index contributed by atoms with van der Waals surface area (Å²) in [5.41, 5.74) is 1.69. The molecule has 0 saturated heterocycles. The number of fused-ring (bicyclic) bond motifs is 1. The van der Waals surface area contributed by atoms with E-state index in [9.17, 15) is 5.11 Å². The van der Waals surface area contributed by atoms with E-state index < -0.39 is 0 Å². The molecule has 0 spiro atoms. The highest BCUT2D eigenvalue weighted by molar-refractivity contribution is 5.93. The first-order valence-electron chi connectivity index (χ1n) is 5.83. The van der Waals surface area contributed by atoms with Gasteiger partial charge in [0.05, 0.1) is 24.5 Å². The van der Waals surface area contributed by atoms with Gasteiger partial charge in [-0.2, -0.15) is 0 Å². The highest BCUT2D eigenvalue weighted by Crippen LogP contribution is 2.30. The maximum atomic E-state index is 9.93. The SMILES string of the molecule is COc1ccc2nccc(N3C=CNC=C3O)c2c1. The van der Waals surface area contributed by atoms with E-state index in [1.807, 2.05) is 24.3 Å². The van der Waals surface area contributed by atoms with E-state index in [1.54, 1.807) is 30.6 Å². The summed E-state index contributed by atoms with van der Waals surface area (Å²) in [6.07, 6.45) is 6.73. The smallest absolute Gasteiger partial charge is 0.212 e. The molecule has 0 aliphatic carbocycles. The fraction of sp³-hybridized carbons (Fsp3) is 0.0714. The van der Waals surface area contributed by atoms with Crippen LogP contribution < -0.4 is 15.0 Å². The topological polar surface area (TPSA) is 57.6 Å². The fourth-order valence-corrected chi connectivity index (χ4v) is 2.04. The summed E-state index contributed by atoms with van der Waals surface area (Å²) in [7, 11) is 1.62. The van der Waals surface area contributed by atoms with Gasteiger partial charge in [0.25, 0.3) is 0 Å². The number of anilines is 1. The Balaban J connectivity index is 2.20. The molecule has 0 saturated carbocycles. The Morgan fingerprint density at radius 3 is 3.00 bits per heavy atom. The molecule has 2 aromatic rings. The van der Waals surface area contributed by atoms with Crippen molar-refractivity contribution < 1.29 is 9.84 Å². The van der Waals surface area contributed by atoms with Crippen LogP contribution in [0.2, 0.25) is 0 Å². The molecule has 19 heavy (non-hydrogen) atoms. The lowest BCUT2D eigenvalue weighted by molar-refractivity contribution is 0.395. The maximum Gasteiger partial charge on any atom is 0.212 e. The van der Waals surface area contributed by atoms with Gasteiger partial charge in [0.15, 0.2) is 0 Å². The molecule has 2 N–H and O–H groups in total. The molecule has 5 nitrogen and oxygen atoms in total. The Hall–Kier alpha value is -2.69. The second kappa shape index (κ2) is 4.53. The number of ether oxygens (including phenoxy) is 1. The van der Waals surface area contributed by atoms with Crippen LogP contribution in [0, 0.1) is 0 Å². The zero-order valence-corrected chi connectivity index (χ0v) is 10.4. The molecule has 3 rings (SSSR count). The van der Waals surface area contributed by atoms with Gasteiger partial charge in [0.1, 0.15) is 5.75 Å². The number of aliphatic hydroxyl groups is 1. The molecular formula is C14H13N3O2. The molecule has 0 fully saturated rings. The minimum Gasteiger partial charge on any atom is -0.497 e. The zero-order chi connectivity index (χ0) is 13.2. The standard InChI is InChI=1S/C14H13N3O2/c1-19-10-2-3-12-11(8-10)13(4-5-16-12)17-7-6-15-9-14(17)18/h2-9,15,18H,1H3. The van der Waals surface area contributed by atoms with E-state index in [0.717, 1.165) is 22.3 Å². The normalized spacial score (nSPS) is 14.2. The first kappa shape index (κ1) is 11.4. The number of benzene rings is 1. The first-order valence-corrected chi connectivity index (χ1v) is 5.83. The molecule has 96 valence electrons. The molecular weight excluding hydrogens is 242 g/mol. The van der Waals surface area contributed by atoms with Crippen molar-refractivity contribution in [2.75, 3.05) is 12.0 Å². The number of pyridine rings is 1. The van der Waals surface area contributed by atoms with Gasteiger partial charge in [-0.3, -0.25) is 9.88 Å². The second-order valence-electron chi connectivity index (χ2n) is 4.07. The molecule has 1 aliphatic heterocycles.